The molecule has 0 radical (unpaired) electrons. The maximum Gasteiger partial charge on any atom is 0.214 e. The van der Waals surface area contributed by atoms with Crippen molar-refractivity contribution in [1.82, 2.24) is 0 Å². The average Bonchev–Trinajstić information content (AvgIpc) is 2.80. The molecule has 0 aliphatic heterocycles. The third-order valence-electron chi connectivity index (χ3n) is 4.16. The second-order valence-electron chi connectivity index (χ2n) is 6.03. The zero-order valence-electron chi connectivity index (χ0n) is 16.2. The Balaban J connectivity index is 1.80. The van der Waals surface area contributed by atoms with E-state index in [0.717, 1.165) is 16.9 Å². The highest BCUT2D eigenvalue weighted by atomic mass is 16.6. The molecule has 0 spiro atoms. The van der Waals surface area contributed by atoms with E-state index in [-0.39, 0.29) is 11.5 Å². The van der Waals surface area contributed by atoms with Gasteiger partial charge in [0.25, 0.3) is 0 Å². The number of nitrogens with one attached hydrogen (secondary N) is 1. The summed E-state index contributed by atoms with van der Waals surface area (Å²) in [7, 11) is 3.01. The van der Waals surface area contributed by atoms with E-state index in [1.165, 1.54) is 13.3 Å². The van der Waals surface area contributed by atoms with Crippen LogP contribution in [-0.4, -0.2) is 31.9 Å². The normalized spacial score (nSPS) is 11.3. The molecule has 146 valence electrons. The molecule has 0 fully saturated rings. The molecule has 0 saturated heterocycles. The number of benzene rings is 3. The number of hydrogen-bond donors (Lipinski definition) is 1. The summed E-state index contributed by atoms with van der Waals surface area (Å²) in [4.78, 5) is 17.6. The van der Waals surface area contributed by atoms with Gasteiger partial charge < -0.3 is 9.57 Å². The number of rotatable bonds is 8. The quantitative estimate of drug-likeness (QED) is 0.347. The van der Waals surface area contributed by atoms with Crippen LogP contribution in [0.25, 0.3) is 11.1 Å². The number of Topliss-reactive ketones (excluding diaryl/α,β-unsaturated/α-hetero) is 1. The van der Waals surface area contributed by atoms with Crippen molar-refractivity contribution < 1.29 is 14.4 Å². The van der Waals surface area contributed by atoms with Gasteiger partial charge in [0, 0.05) is 5.56 Å². The first kappa shape index (κ1) is 19.8. The van der Waals surface area contributed by atoms with Gasteiger partial charge in [0.1, 0.15) is 12.9 Å². The summed E-state index contributed by atoms with van der Waals surface area (Å²) in [5.74, 6) is 0.460. The second kappa shape index (κ2) is 9.85. The molecular weight excluding hydrogens is 366 g/mol. The summed E-state index contributed by atoms with van der Waals surface area (Å²) < 4.78 is 5.13. The van der Waals surface area contributed by atoms with Crippen LogP contribution in [0.4, 0.5) is 5.69 Å². The SMILES string of the molecule is CO/N=C/C(=N/Nc1ccc(OC)cc1)C(=O)c1ccc(-c2ccccc2)cc1. The van der Waals surface area contributed by atoms with Crippen LogP contribution in [0.3, 0.4) is 0 Å². The lowest BCUT2D eigenvalue weighted by atomic mass is 10.0. The van der Waals surface area contributed by atoms with E-state index in [1.807, 2.05) is 42.5 Å². The lowest BCUT2D eigenvalue weighted by molar-refractivity contribution is 0.106. The fourth-order valence-corrected chi connectivity index (χ4v) is 2.62. The molecule has 0 aromatic heterocycles. The minimum atomic E-state index is -0.272. The van der Waals surface area contributed by atoms with Crippen molar-refractivity contribution in [2.75, 3.05) is 19.6 Å². The molecule has 6 heteroatoms. The third kappa shape index (κ3) is 5.29. The minimum absolute atomic E-state index is 0.120. The molecule has 0 unspecified atom stereocenters. The van der Waals surface area contributed by atoms with Gasteiger partial charge in [0.2, 0.25) is 5.78 Å². The first-order valence-electron chi connectivity index (χ1n) is 8.95. The third-order valence-corrected chi connectivity index (χ3v) is 4.16. The van der Waals surface area contributed by atoms with Crippen LogP contribution in [0.5, 0.6) is 5.75 Å². The number of ketones is 1. The van der Waals surface area contributed by atoms with Crippen LogP contribution in [-0.2, 0) is 4.84 Å². The van der Waals surface area contributed by atoms with Gasteiger partial charge in [-0.2, -0.15) is 5.10 Å². The van der Waals surface area contributed by atoms with Crippen molar-refractivity contribution in [3.8, 4) is 16.9 Å². The fourth-order valence-electron chi connectivity index (χ4n) is 2.62. The predicted octanol–water partition coefficient (Wildman–Crippen LogP) is 4.65. The summed E-state index contributed by atoms with van der Waals surface area (Å²) in [6.45, 7) is 0. The Bertz CT molecular complexity index is 996. The number of methoxy groups -OCH3 is 1. The number of oxime groups is 1. The highest BCUT2D eigenvalue weighted by molar-refractivity contribution is 6.64. The highest BCUT2D eigenvalue weighted by Gasteiger charge is 2.13. The largest absolute Gasteiger partial charge is 0.497 e. The fraction of sp³-hybridized carbons (Fsp3) is 0.0870. The van der Waals surface area contributed by atoms with E-state index in [1.54, 1.807) is 43.5 Å². The number of hydrogen-bond acceptors (Lipinski definition) is 6. The van der Waals surface area contributed by atoms with E-state index >= 15 is 0 Å². The van der Waals surface area contributed by atoms with Crippen molar-refractivity contribution in [3.63, 3.8) is 0 Å². The Kier molecular flexibility index (Phi) is 6.73. The Morgan fingerprint density at radius 1 is 0.862 bits per heavy atom. The van der Waals surface area contributed by atoms with Crippen LogP contribution < -0.4 is 10.2 Å². The molecule has 0 bridgehead atoms. The maximum absolute atomic E-state index is 12.9. The van der Waals surface area contributed by atoms with Gasteiger partial charge >= 0.3 is 0 Å². The number of hydrazone groups is 1. The summed E-state index contributed by atoms with van der Waals surface area (Å²) >= 11 is 0. The van der Waals surface area contributed by atoms with Gasteiger partial charge in [-0.3, -0.25) is 10.2 Å². The van der Waals surface area contributed by atoms with Crippen molar-refractivity contribution in [3.05, 3.63) is 84.4 Å². The Hall–Kier alpha value is -3.93. The summed E-state index contributed by atoms with van der Waals surface area (Å²) in [6, 6.07) is 24.5. The van der Waals surface area contributed by atoms with Crippen LogP contribution in [0.1, 0.15) is 10.4 Å². The Morgan fingerprint density at radius 3 is 2.14 bits per heavy atom. The van der Waals surface area contributed by atoms with Crippen molar-refractivity contribution >= 4 is 23.4 Å². The van der Waals surface area contributed by atoms with Gasteiger partial charge in [-0.1, -0.05) is 59.8 Å². The van der Waals surface area contributed by atoms with E-state index in [9.17, 15) is 4.79 Å². The molecule has 0 amide bonds. The molecule has 0 heterocycles. The smallest absolute Gasteiger partial charge is 0.214 e. The molecular formula is C23H21N3O3. The van der Waals surface area contributed by atoms with Gasteiger partial charge in [-0.15, -0.1) is 0 Å². The Morgan fingerprint density at radius 2 is 1.52 bits per heavy atom. The van der Waals surface area contributed by atoms with Crippen LogP contribution >= 0.6 is 0 Å². The molecule has 3 aromatic rings. The molecule has 0 aliphatic carbocycles. The number of ether oxygens (including phenoxy) is 1. The van der Waals surface area contributed by atoms with Crippen LogP contribution in [0, 0.1) is 0 Å². The number of nitrogens with zero attached hydrogens (tertiary/aromatic N) is 2. The van der Waals surface area contributed by atoms with Gasteiger partial charge in [-0.05, 0) is 35.4 Å². The zero-order chi connectivity index (χ0) is 20.5. The molecule has 3 rings (SSSR count). The molecule has 0 atom stereocenters. The number of carbonyl (C=O) groups excluding carboxylic acids is 1. The van der Waals surface area contributed by atoms with Gasteiger partial charge in [-0.25, -0.2) is 0 Å². The topological polar surface area (TPSA) is 72.3 Å². The standard InChI is InChI=1S/C23H21N3O3/c1-28-21-14-12-20(13-15-21)25-26-22(16-24-29-2)23(27)19-10-8-18(9-11-19)17-6-4-3-5-7-17/h3-16,25H,1-2H3/b24-16+,26-22-. The van der Waals surface area contributed by atoms with E-state index in [4.69, 9.17) is 9.57 Å². The van der Waals surface area contributed by atoms with Crippen LogP contribution in [0.2, 0.25) is 0 Å². The van der Waals surface area contributed by atoms with Crippen molar-refractivity contribution in [2.24, 2.45) is 10.3 Å². The van der Waals surface area contributed by atoms with Crippen molar-refractivity contribution in [1.29, 1.82) is 0 Å². The molecule has 0 aliphatic rings. The van der Waals surface area contributed by atoms with Crippen molar-refractivity contribution in [2.45, 2.75) is 0 Å². The summed E-state index contributed by atoms with van der Waals surface area (Å²) in [5, 5.41) is 7.88. The maximum atomic E-state index is 12.9. The summed E-state index contributed by atoms with van der Waals surface area (Å²) in [5.41, 5.74) is 6.31. The molecule has 1 N–H and O–H groups in total. The average molecular weight is 387 g/mol. The molecule has 29 heavy (non-hydrogen) atoms. The monoisotopic (exact) mass is 387 g/mol. The zero-order valence-corrected chi connectivity index (χ0v) is 16.2. The number of carbonyl (C=O) groups is 1. The molecule has 0 saturated carbocycles. The van der Waals surface area contributed by atoms with E-state index in [0.29, 0.717) is 11.3 Å². The van der Waals surface area contributed by atoms with E-state index in [2.05, 4.69) is 15.7 Å². The minimum Gasteiger partial charge on any atom is -0.497 e. The lowest BCUT2D eigenvalue weighted by Gasteiger charge is -2.06. The van der Waals surface area contributed by atoms with Crippen LogP contribution in [0.15, 0.2) is 89.1 Å². The lowest BCUT2D eigenvalue weighted by Crippen LogP contribution is -2.18. The van der Waals surface area contributed by atoms with Gasteiger partial charge in [0.15, 0.2) is 5.71 Å². The van der Waals surface area contributed by atoms with Gasteiger partial charge in [0.05, 0.1) is 19.0 Å². The summed E-state index contributed by atoms with van der Waals surface area (Å²) in [6.07, 6.45) is 1.28. The van der Waals surface area contributed by atoms with E-state index < -0.39 is 0 Å². The highest BCUT2D eigenvalue weighted by Crippen LogP contribution is 2.20. The second-order valence-corrected chi connectivity index (χ2v) is 6.03. The first-order chi connectivity index (χ1) is 14.2. The number of anilines is 1. The predicted molar refractivity (Wildman–Crippen MR) is 116 cm³/mol. The Labute approximate surface area is 169 Å². The molecule has 3 aromatic carbocycles. The first-order valence-corrected chi connectivity index (χ1v) is 8.95. The molecule has 6 nitrogen and oxygen atoms in total.